The van der Waals surface area contributed by atoms with E-state index in [-0.39, 0.29) is 5.91 Å². The van der Waals surface area contributed by atoms with Crippen LogP contribution in [0.25, 0.3) is 0 Å². The Morgan fingerprint density at radius 3 is 2.32 bits per heavy atom. The molecule has 25 heavy (non-hydrogen) atoms. The van der Waals surface area contributed by atoms with Crippen molar-refractivity contribution in [3.63, 3.8) is 0 Å². The molecule has 0 spiro atoms. The van der Waals surface area contributed by atoms with Crippen LogP contribution in [0.2, 0.25) is 0 Å². The summed E-state index contributed by atoms with van der Waals surface area (Å²) in [6, 6.07) is 4.58. The first-order valence-electron chi connectivity index (χ1n) is 9.93. The average Bonchev–Trinajstić information content (AvgIpc) is 3.30. The Bertz CT molecular complexity index is 681. The number of hydrogen-bond donors (Lipinski definition) is 0. The molecule has 1 amide bonds. The molecule has 3 heterocycles. The number of pyridine rings is 1. The van der Waals surface area contributed by atoms with Crippen molar-refractivity contribution in [3.8, 4) is 5.88 Å². The number of allylic oxidation sites excluding steroid dienone is 1. The van der Waals surface area contributed by atoms with Gasteiger partial charge in [0.1, 0.15) is 6.10 Å². The third kappa shape index (κ3) is 2.96. The predicted octanol–water partition coefficient (Wildman–Crippen LogP) is 4.26. The summed E-state index contributed by atoms with van der Waals surface area (Å²) in [5.41, 5.74) is 4.05. The van der Waals surface area contributed by atoms with Crippen LogP contribution in [0.4, 0.5) is 0 Å². The van der Waals surface area contributed by atoms with E-state index >= 15 is 0 Å². The van der Waals surface area contributed by atoms with E-state index in [1.54, 1.807) is 17.3 Å². The second kappa shape index (κ2) is 6.15. The molecule has 0 aromatic carbocycles. The first kappa shape index (κ1) is 15.4. The molecule has 4 heteroatoms. The van der Waals surface area contributed by atoms with E-state index in [1.165, 1.54) is 25.7 Å². The second-order valence-corrected chi connectivity index (χ2v) is 8.12. The van der Waals surface area contributed by atoms with Crippen LogP contribution >= 0.6 is 0 Å². The summed E-state index contributed by atoms with van der Waals surface area (Å²) in [5.74, 6) is 0.818. The van der Waals surface area contributed by atoms with Gasteiger partial charge in [-0.3, -0.25) is 4.79 Å². The van der Waals surface area contributed by atoms with E-state index in [4.69, 9.17) is 4.74 Å². The van der Waals surface area contributed by atoms with Crippen molar-refractivity contribution in [3.05, 3.63) is 35.0 Å². The number of fused-ring (bicyclic) bond motifs is 2. The van der Waals surface area contributed by atoms with Gasteiger partial charge in [-0.05, 0) is 70.3 Å². The third-order valence-corrected chi connectivity index (χ3v) is 6.39. The maximum absolute atomic E-state index is 13.0. The number of amides is 1. The number of rotatable bonds is 3. The predicted molar refractivity (Wildman–Crippen MR) is 95.6 cm³/mol. The van der Waals surface area contributed by atoms with Crippen LogP contribution in [0, 0.1) is 0 Å². The maximum Gasteiger partial charge on any atom is 0.255 e. The van der Waals surface area contributed by atoms with Gasteiger partial charge in [-0.15, -0.1) is 0 Å². The fourth-order valence-corrected chi connectivity index (χ4v) is 4.95. The van der Waals surface area contributed by atoms with Crippen LogP contribution < -0.4 is 4.74 Å². The zero-order chi connectivity index (χ0) is 16.8. The number of carbonyl (C=O) groups excluding carboxylic acids is 1. The van der Waals surface area contributed by atoms with Crippen LogP contribution in [0.1, 0.15) is 74.6 Å². The Kier molecular flexibility index (Phi) is 3.79. The number of nitrogens with zero attached hydrogens (tertiary/aromatic N) is 2. The summed E-state index contributed by atoms with van der Waals surface area (Å²) in [7, 11) is 0. The van der Waals surface area contributed by atoms with E-state index in [1.807, 2.05) is 12.1 Å². The normalized spacial score (nSPS) is 28.6. The number of piperidine rings is 1. The summed E-state index contributed by atoms with van der Waals surface area (Å²) in [4.78, 5) is 19.6. The Morgan fingerprint density at radius 2 is 1.72 bits per heavy atom. The molecular weight excluding hydrogens is 312 g/mol. The number of aromatic nitrogens is 1. The molecule has 0 radical (unpaired) electrons. The van der Waals surface area contributed by atoms with E-state index in [2.05, 4.69) is 9.88 Å². The molecule has 4 fully saturated rings. The smallest absolute Gasteiger partial charge is 0.255 e. The lowest BCUT2D eigenvalue weighted by Crippen LogP contribution is -2.44. The first-order chi connectivity index (χ1) is 12.3. The minimum Gasteiger partial charge on any atom is -0.474 e. The van der Waals surface area contributed by atoms with Crippen molar-refractivity contribution in [1.82, 2.24) is 9.88 Å². The highest BCUT2D eigenvalue weighted by Crippen LogP contribution is 2.45. The van der Waals surface area contributed by atoms with Crippen molar-refractivity contribution < 1.29 is 9.53 Å². The summed E-state index contributed by atoms with van der Waals surface area (Å²) in [6.45, 7) is 0. The lowest BCUT2D eigenvalue weighted by atomic mass is 9.95. The molecule has 1 aromatic heterocycles. The van der Waals surface area contributed by atoms with Gasteiger partial charge in [0.25, 0.3) is 5.91 Å². The van der Waals surface area contributed by atoms with Crippen molar-refractivity contribution >= 4 is 5.91 Å². The van der Waals surface area contributed by atoms with Gasteiger partial charge in [0.2, 0.25) is 5.88 Å². The van der Waals surface area contributed by atoms with Gasteiger partial charge in [0, 0.05) is 24.3 Å². The van der Waals surface area contributed by atoms with Crippen LogP contribution in [-0.4, -0.2) is 34.0 Å². The van der Waals surface area contributed by atoms with Crippen molar-refractivity contribution in [2.24, 2.45) is 0 Å². The molecule has 2 saturated carbocycles. The number of carbonyl (C=O) groups is 1. The number of hydrogen-bond acceptors (Lipinski definition) is 3. The van der Waals surface area contributed by atoms with Crippen LogP contribution in [0.5, 0.6) is 5.88 Å². The van der Waals surface area contributed by atoms with E-state index in [9.17, 15) is 4.79 Å². The average molecular weight is 338 g/mol. The SMILES string of the molecule is O=C(c1ccc(OC2CCCC2)nc1)N1C2CCC1CC(=C1CC1)C2. The molecule has 1 aromatic rings. The molecule has 132 valence electrons. The minimum atomic E-state index is 0.160. The highest BCUT2D eigenvalue weighted by molar-refractivity contribution is 5.94. The lowest BCUT2D eigenvalue weighted by molar-refractivity contribution is 0.0633. The van der Waals surface area contributed by atoms with Crippen LogP contribution in [-0.2, 0) is 0 Å². The lowest BCUT2D eigenvalue weighted by Gasteiger charge is -2.36. The largest absolute Gasteiger partial charge is 0.474 e. The quantitative estimate of drug-likeness (QED) is 0.773. The summed E-state index contributed by atoms with van der Waals surface area (Å²) < 4.78 is 5.92. The summed E-state index contributed by atoms with van der Waals surface area (Å²) in [5, 5.41) is 0. The second-order valence-electron chi connectivity index (χ2n) is 8.12. The minimum absolute atomic E-state index is 0.160. The molecule has 2 saturated heterocycles. The zero-order valence-electron chi connectivity index (χ0n) is 14.7. The molecule has 2 bridgehead atoms. The van der Waals surface area contributed by atoms with E-state index < -0.39 is 0 Å². The zero-order valence-corrected chi connectivity index (χ0v) is 14.7. The molecular formula is C21H26N2O2. The summed E-state index contributed by atoms with van der Waals surface area (Å²) >= 11 is 0. The fourth-order valence-electron chi connectivity index (χ4n) is 4.95. The standard InChI is InChI=1S/C21H26N2O2/c24-21(15-7-10-20(22-13-15)25-19-3-1-2-4-19)23-17-8-9-18(23)12-16(11-17)14-5-6-14/h7,10,13,17-19H,1-6,8-9,11-12H2. The van der Waals surface area contributed by atoms with Gasteiger partial charge in [-0.25, -0.2) is 4.98 Å². The Morgan fingerprint density at radius 1 is 1.00 bits per heavy atom. The molecule has 2 aliphatic carbocycles. The van der Waals surface area contributed by atoms with E-state index in [0.717, 1.165) is 38.5 Å². The maximum atomic E-state index is 13.0. The monoisotopic (exact) mass is 338 g/mol. The topological polar surface area (TPSA) is 42.4 Å². The Balaban J connectivity index is 1.28. The third-order valence-electron chi connectivity index (χ3n) is 6.39. The van der Waals surface area contributed by atoms with Crippen LogP contribution in [0.15, 0.2) is 29.5 Å². The highest BCUT2D eigenvalue weighted by Gasteiger charge is 2.42. The molecule has 4 aliphatic rings. The van der Waals surface area contributed by atoms with Gasteiger partial charge >= 0.3 is 0 Å². The molecule has 2 aliphatic heterocycles. The Hall–Kier alpha value is -1.84. The first-order valence-corrected chi connectivity index (χ1v) is 9.93. The molecule has 2 atom stereocenters. The fraction of sp³-hybridized carbons (Fsp3) is 0.619. The summed E-state index contributed by atoms with van der Waals surface area (Å²) in [6.07, 6.45) is 13.9. The molecule has 0 N–H and O–H groups in total. The van der Waals surface area contributed by atoms with Gasteiger partial charge in [0.15, 0.2) is 0 Å². The highest BCUT2D eigenvalue weighted by atomic mass is 16.5. The van der Waals surface area contributed by atoms with Gasteiger partial charge < -0.3 is 9.64 Å². The van der Waals surface area contributed by atoms with Gasteiger partial charge in [-0.2, -0.15) is 0 Å². The number of ether oxygens (including phenoxy) is 1. The van der Waals surface area contributed by atoms with E-state index in [0.29, 0.717) is 29.6 Å². The molecule has 5 rings (SSSR count). The van der Waals surface area contributed by atoms with Crippen molar-refractivity contribution in [2.75, 3.05) is 0 Å². The van der Waals surface area contributed by atoms with Crippen molar-refractivity contribution in [2.45, 2.75) is 82.4 Å². The van der Waals surface area contributed by atoms with Crippen LogP contribution in [0.3, 0.4) is 0 Å². The van der Waals surface area contributed by atoms with Crippen molar-refractivity contribution in [1.29, 1.82) is 0 Å². The molecule has 2 unspecified atom stereocenters. The molecule has 4 nitrogen and oxygen atoms in total. The Labute approximate surface area is 149 Å². The van der Waals surface area contributed by atoms with Gasteiger partial charge in [-0.1, -0.05) is 11.1 Å². The van der Waals surface area contributed by atoms with Gasteiger partial charge in [0.05, 0.1) is 5.56 Å².